The van der Waals surface area contributed by atoms with Crippen molar-refractivity contribution < 1.29 is 4.79 Å². The fourth-order valence-electron chi connectivity index (χ4n) is 1.88. The average Bonchev–Trinajstić information content (AvgIpc) is 2.99. The van der Waals surface area contributed by atoms with Gasteiger partial charge >= 0.3 is 0 Å². The van der Waals surface area contributed by atoms with Crippen LogP contribution in [0.3, 0.4) is 0 Å². The summed E-state index contributed by atoms with van der Waals surface area (Å²) in [6.07, 6.45) is 2.40. The lowest BCUT2D eigenvalue weighted by Crippen LogP contribution is -2.28. The molecule has 1 amide bonds. The van der Waals surface area contributed by atoms with E-state index in [1.807, 2.05) is 18.2 Å². The summed E-state index contributed by atoms with van der Waals surface area (Å²) in [6, 6.07) is 10.4. The maximum Gasteiger partial charge on any atom is 0.272 e. The SMILES string of the molecule is CN(CCCNC(=O)c1cnsn1)Cc1ccccc1. The third kappa shape index (κ3) is 4.71. The smallest absolute Gasteiger partial charge is 0.272 e. The highest BCUT2D eigenvalue weighted by molar-refractivity contribution is 6.99. The zero-order chi connectivity index (χ0) is 14.2. The van der Waals surface area contributed by atoms with Crippen LogP contribution in [0, 0.1) is 0 Å². The predicted octanol–water partition coefficient (Wildman–Crippen LogP) is 1.79. The van der Waals surface area contributed by atoms with Gasteiger partial charge in [-0.05, 0) is 25.6 Å². The van der Waals surface area contributed by atoms with Crippen LogP contribution < -0.4 is 5.32 Å². The molecule has 1 N–H and O–H groups in total. The first-order chi connectivity index (χ1) is 9.75. The van der Waals surface area contributed by atoms with Gasteiger partial charge in [0.15, 0.2) is 5.69 Å². The van der Waals surface area contributed by atoms with Crippen LogP contribution in [0.15, 0.2) is 36.5 Å². The summed E-state index contributed by atoms with van der Waals surface area (Å²) in [5.41, 5.74) is 1.69. The molecule has 1 aromatic carbocycles. The van der Waals surface area contributed by atoms with Crippen molar-refractivity contribution in [3.05, 3.63) is 47.8 Å². The maximum absolute atomic E-state index is 11.6. The van der Waals surface area contributed by atoms with Crippen molar-refractivity contribution in [3.8, 4) is 0 Å². The van der Waals surface area contributed by atoms with Crippen LogP contribution in [0.4, 0.5) is 0 Å². The molecule has 0 aliphatic rings. The quantitative estimate of drug-likeness (QED) is 0.790. The van der Waals surface area contributed by atoms with Gasteiger partial charge in [0, 0.05) is 13.1 Å². The Kier molecular flexibility index (Phi) is 5.64. The molecule has 106 valence electrons. The summed E-state index contributed by atoms with van der Waals surface area (Å²) in [5, 5.41) is 2.84. The van der Waals surface area contributed by atoms with E-state index in [-0.39, 0.29) is 5.91 Å². The summed E-state index contributed by atoms with van der Waals surface area (Å²) in [5.74, 6) is -0.149. The Labute approximate surface area is 123 Å². The van der Waals surface area contributed by atoms with E-state index in [2.05, 4.69) is 38.1 Å². The number of aromatic nitrogens is 2. The largest absolute Gasteiger partial charge is 0.351 e. The molecule has 2 aromatic rings. The van der Waals surface area contributed by atoms with Gasteiger partial charge in [-0.2, -0.15) is 8.75 Å². The molecule has 1 aromatic heterocycles. The molecule has 2 rings (SSSR count). The molecule has 0 saturated carbocycles. The van der Waals surface area contributed by atoms with Gasteiger partial charge in [-0.3, -0.25) is 4.79 Å². The van der Waals surface area contributed by atoms with Crippen LogP contribution in [-0.2, 0) is 6.54 Å². The lowest BCUT2D eigenvalue weighted by Gasteiger charge is -2.16. The van der Waals surface area contributed by atoms with E-state index < -0.39 is 0 Å². The van der Waals surface area contributed by atoms with Crippen molar-refractivity contribution in [3.63, 3.8) is 0 Å². The van der Waals surface area contributed by atoms with E-state index in [1.54, 1.807) is 0 Å². The lowest BCUT2D eigenvalue weighted by molar-refractivity contribution is 0.0948. The molecule has 0 aliphatic carbocycles. The molecule has 0 fully saturated rings. The van der Waals surface area contributed by atoms with Crippen LogP contribution in [0.5, 0.6) is 0 Å². The molecular weight excluding hydrogens is 272 g/mol. The fourth-order valence-corrected chi connectivity index (χ4v) is 2.29. The molecule has 0 radical (unpaired) electrons. The number of hydrogen-bond acceptors (Lipinski definition) is 5. The number of rotatable bonds is 7. The monoisotopic (exact) mass is 290 g/mol. The minimum atomic E-state index is -0.149. The van der Waals surface area contributed by atoms with Crippen LogP contribution in [0.2, 0.25) is 0 Å². The first-order valence-electron chi connectivity index (χ1n) is 6.54. The minimum Gasteiger partial charge on any atom is -0.351 e. The topological polar surface area (TPSA) is 58.1 Å². The van der Waals surface area contributed by atoms with Crippen molar-refractivity contribution >= 4 is 17.6 Å². The van der Waals surface area contributed by atoms with Crippen molar-refractivity contribution in [1.82, 2.24) is 19.0 Å². The van der Waals surface area contributed by atoms with Crippen molar-refractivity contribution in [2.75, 3.05) is 20.1 Å². The number of carbonyl (C=O) groups excluding carboxylic acids is 1. The Morgan fingerprint density at radius 1 is 1.35 bits per heavy atom. The molecule has 0 atom stereocenters. The fraction of sp³-hybridized carbons (Fsp3) is 0.357. The second-order valence-electron chi connectivity index (χ2n) is 4.63. The Morgan fingerprint density at radius 2 is 2.15 bits per heavy atom. The van der Waals surface area contributed by atoms with Gasteiger partial charge < -0.3 is 10.2 Å². The number of nitrogens with zero attached hydrogens (tertiary/aromatic N) is 3. The van der Waals surface area contributed by atoms with Crippen molar-refractivity contribution in [1.29, 1.82) is 0 Å². The van der Waals surface area contributed by atoms with Crippen LogP contribution in [-0.4, -0.2) is 39.7 Å². The van der Waals surface area contributed by atoms with Crippen LogP contribution >= 0.6 is 11.7 Å². The number of nitrogens with one attached hydrogen (secondary N) is 1. The second kappa shape index (κ2) is 7.72. The molecule has 20 heavy (non-hydrogen) atoms. The van der Waals surface area contributed by atoms with Gasteiger partial charge in [-0.25, -0.2) is 0 Å². The molecule has 0 bridgehead atoms. The van der Waals surface area contributed by atoms with Gasteiger partial charge in [-0.15, -0.1) is 0 Å². The average molecular weight is 290 g/mol. The number of amides is 1. The number of hydrogen-bond donors (Lipinski definition) is 1. The molecule has 0 unspecified atom stereocenters. The van der Waals surface area contributed by atoms with Gasteiger partial charge in [0.1, 0.15) is 0 Å². The first-order valence-corrected chi connectivity index (χ1v) is 7.27. The predicted molar refractivity (Wildman–Crippen MR) is 79.6 cm³/mol. The number of carbonyl (C=O) groups is 1. The zero-order valence-electron chi connectivity index (χ0n) is 11.5. The van der Waals surface area contributed by atoms with Gasteiger partial charge in [-0.1, -0.05) is 30.3 Å². The molecule has 6 heteroatoms. The Balaban J connectivity index is 1.62. The van der Waals surface area contributed by atoms with Gasteiger partial charge in [0.05, 0.1) is 17.9 Å². The molecule has 1 heterocycles. The lowest BCUT2D eigenvalue weighted by atomic mass is 10.2. The summed E-state index contributed by atoms with van der Waals surface area (Å²) in [6.45, 7) is 2.50. The summed E-state index contributed by atoms with van der Waals surface area (Å²) < 4.78 is 7.70. The van der Waals surface area contributed by atoms with E-state index >= 15 is 0 Å². The van der Waals surface area contributed by atoms with E-state index in [0.717, 1.165) is 31.2 Å². The summed E-state index contributed by atoms with van der Waals surface area (Å²) in [7, 11) is 2.08. The van der Waals surface area contributed by atoms with E-state index in [4.69, 9.17) is 0 Å². The summed E-state index contributed by atoms with van der Waals surface area (Å²) >= 11 is 1.04. The highest BCUT2D eigenvalue weighted by atomic mass is 32.1. The third-order valence-corrected chi connectivity index (χ3v) is 3.37. The van der Waals surface area contributed by atoms with E-state index in [1.165, 1.54) is 11.8 Å². The Morgan fingerprint density at radius 3 is 2.85 bits per heavy atom. The van der Waals surface area contributed by atoms with E-state index in [0.29, 0.717) is 12.2 Å². The third-order valence-electron chi connectivity index (χ3n) is 2.89. The van der Waals surface area contributed by atoms with Crippen molar-refractivity contribution in [2.45, 2.75) is 13.0 Å². The molecule has 0 saturated heterocycles. The van der Waals surface area contributed by atoms with Gasteiger partial charge in [0.2, 0.25) is 0 Å². The van der Waals surface area contributed by atoms with Crippen LogP contribution in [0.1, 0.15) is 22.5 Å². The molecular formula is C14H18N4OS. The second-order valence-corrected chi connectivity index (χ2v) is 5.18. The molecule has 0 spiro atoms. The highest BCUT2D eigenvalue weighted by Crippen LogP contribution is 2.02. The molecule has 0 aliphatic heterocycles. The molecule has 5 nitrogen and oxygen atoms in total. The standard InChI is InChI=1S/C14H18N4OS/c1-18(11-12-6-3-2-4-7-12)9-5-8-15-14(19)13-10-16-20-17-13/h2-4,6-7,10H,5,8-9,11H2,1H3,(H,15,19). The van der Waals surface area contributed by atoms with Crippen LogP contribution in [0.25, 0.3) is 0 Å². The minimum absolute atomic E-state index is 0.149. The summed E-state index contributed by atoms with van der Waals surface area (Å²) in [4.78, 5) is 13.9. The Hall–Kier alpha value is -1.79. The van der Waals surface area contributed by atoms with Crippen molar-refractivity contribution in [2.24, 2.45) is 0 Å². The number of benzene rings is 1. The zero-order valence-corrected chi connectivity index (χ0v) is 12.3. The van der Waals surface area contributed by atoms with Gasteiger partial charge in [0.25, 0.3) is 5.91 Å². The van der Waals surface area contributed by atoms with E-state index in [9.17, 15) is 4.79 Å². The normalized spacial score (nSPS) is 10.7. The Bertz CT molecular complexity index is 515. The maximum atomic E-state index is 11.6. The first kappa shape index (κ1) is 14.6. The highest BCUT2D eigenvalue weighted by Gasteiger charge is 2.07.